The van der Waals surface area contributed by atoms with Gasteiger partial charge in [-0.2, -0.15) is 10.2 Å². The Hall–Kier alpha value is -2.25. The van der Waals surface area contributed by atoms with Gasteiger partial charge >= 0.3 is 0 Å². The summed E-state index contributed by atoms with van der Waals surface area (Å²) >= 11 is 0. The lowest BCUT2D eigenvalue weighted by atomic mass is 10.2. The number of hydrogen-bond donors (Lipinski definition) is 1. The maximum atomic E-state index is 12.9. The van der Waals surface area contributed by atoms with Gasteiger partial charge in [-0.1, -0.05) is 0 Å². The molecule has 1 saturated carbocycles. The molecule has 0 saturated heterocycles. The molecule has 1 fully saturated rings. The van der Waals surface area contributed by atoms with Crippen molar-refractivity contribution in [3.63, 3.8) is 0 Å². The van der Waals surface area contributed by atoms with Crippen LogP contribution in [-0.4, -0.2) is 25.5 Å². The van der Waals surface area contributed by atoms with Crippen molar-refractivity contribution in [3.05, 3.63) is 35.4 Å². The van der Waals surface area contributed by atoms with E-state index in [1.165, 1.54) is 10.7 Å². The molecule has 3 rings (SSSR count). The highest BCUT2D eigenvalue weighted by Gasteiger charge is 2.30. The Morgan fingerprint density at radius 2 is 2.17 bits per heavy atom. The lowest BCUT2D eigenvalue weighted by molar-refractivity contribution is -0.122. The predicted octanol–water partition coefficient (Wildman–Crippen LogP) is 2.79. The Bertz CT molecular complexity index is 720. The van der Waals surface area contributed by atoms with E-state index in [2.05, 4.69) is 15.5 Å². The number of aromatic nitrogens is 4. The van der Waals surface area contributed by atoms with E-state index in [0.29, 0.717) is 6.54 Å². The molecule has 0 aliphatic heterocycles. The average Bonchev–Trinajstić information content (AvgIpc) is 3.11. The number of nitrogens with zero attached hydrogens (tertiary/aromatic N) is 4. The van der Waals surface area contributed by atoms with E-state index in [0.717, 1.165) is 24.2 Å². The number of aryl methyl sites for hydroxylation is 1. The van der Waals surface area contributed by atoms with Crippen molar-refractivity contribution in [2.75, 3.05) is 0 Å². The summed E-state index contributed by atoms with van der Waals surface area (Å²) in [6.45, 7) is 4.51. The maximum absolute atomic E-state index is 12.9. The summed E-state index contributed by atoms with van der Waals surface area (Å²) in [6.07, 6.45) is 0.990. The third-order valence-corrected chi connectivity index (χ3v) is 4.21. The fourth-order valence-electron chi connectivity index (χ4n) is 2.87. The van der Waals surface area contributed by atoms with E-state index in [1.807, 2.05) is 24.6 Å². The van der Waals surface area contributed by atoms with Crippen LogP contribution in [0.2, 0.25) is 0 Å². The van der Waals surface area contributed by atoms with Gasteiger partial charge in [-0.15, -0.1) is 0 Å². The zero-order chi connectivity index (χ0) is 17.3. The molecule has 0 spiro atoms. The highest BCUT2D eigenvalue weighted by atomic mass is 19.3. The lowest BCUT2D eigenvalue weighted by Crippen LogP contribution is -2.32. The maximum Gasteiger partial charge on any atom is 0.282 e. The van der Waals surface area contributed by atoms with E-state index in [9.17, 15) is 13.6 Å². The molecule has 130 valence electrons. The Balaban J connectivity index is 1.68. The Kier molecular flexibility index (Phi) is 4.64. The summed E-state index contributed by atoms with van der Waals surface area (Å²) in [5, 5.41) is 11.0. The van der Waals surface area contributed by atoms with Crippen LogP contribution in [0.1, 0.15) is 62.2 Å². The largest absolute Gasteiger partial charge is 0.346 e. The summed E-state index contributed by atoms with van der Waals surface area (Å²) in [5.74, 6) is -0.00563. The number of halogens is 2. The molecule has 0 bridgehead atoms. The molecule has 1 atom stereocenters. The second kappa shape index (κ2) is 6.70. The number of carbonyl (C=O) groups excluding carboxylic acids is 1. The second-order valence-corrected chi connectivity index (χ2v) is 6.09. The average molecular weight is 337 g/mol. The molecule has 1 amide bonds. The Labute approximate surface area is 138 Å². The molecule has 6 nitrogen and oxygen atoms in total. The normalized spacial score (nSPS) is 15.7. The minimum absolute atomic E-state index is 0.0524. The van der Waals surface area contributed by atoms with Crippen LogP contribution in [0.3, 0.4) is 0 Å². The quantitative estimate of drug-likeness (QED) is 0.845. The number of nitrogens with one attached hydrogen (secondary N) is 1. The van der Waals surface area contributed by atoms with Gasteiger partial charge in [-0.05, 0) is 38.8 Å². The summed E-state index contributed by atoms with van der Waals surface area (Å²) in [5.41, 5.74) is 1.37. The van der Waals surface area contributed by atoms with E-state index in [1.54, 1.807) is 6.20 Å². The number of carbonyl (C=O) groups is 1. The van der Waals surface area contributed by atoms with E-state index < -0.39 is 6.43 Å². The van der Waals surface area contributed by atoms with Crippen molar-refractivity contribution in [2.45, 2.75) is 58.2 Å². The fourth-order valence-corrected chi connectivity index (χ4v) is 2.87. The SMILES string of the molecule is CCn1nccc1C(C)NC(=O)Cn1nc(C(F)F)cc1C1CC1. The standard InChI is InChI=1S/C16H21F2N5O/c1-3-22-13(6-7-19-22)10(2)20-15(24)9-23-14(11-4-5-11)8-12(21-23)16(17)18/h6-8,10-11,16H,3-5,9H2,1-2H3,(H,20,24). The van der Waals surface area contributed by atoms with Crippen molar-refractivity contribution in [1.82, 2.24) is 24.9 Å². The predicted molar refractivity (Wildman–Crippen MR) is 83.6 cm³/mol. The molecule has 8 heteroatoms. The smallest absolute Gasteiger partial charge is 0.282 e. The van der Waals surface area contributed by atoms with E-state index in [-0.39, 0.29) is 30.1 Å². The summed E-state index contributed by atoms with van der Waals surface area (Å²) in [4.78, 5) is 12.3. The van der Waals surface area contributed by atoms with Gasteiger partial charge in [0, 0.05) is 24.4 Å². The van der Waals surface area contributed by atoms with Crippen LogP contribution in [0.25, 0.3) is 0 Å². The van der Waals surface area contributed by atoms with Crippen LogP contribution < -0.4 is 5.32 Å². The number of alkyl halides is 2. The third-order valence-electron chi connectivity index (χ3n) is 4.21. The van der Waals surface area contributed by atoms with Crippen LogP contribution in [0, 0.1) is 0 Å². The van der Waals surface area contributed by atoms with E-state index >= 15 is 0 Å². The second-order valence-electron chi connectivity index (χ2n) is 6.09. The number of amides is 1. The highest BCUT2D eigenvalue weighted by molar-refractivity contribution is 5.76. The molecule has 24 heavy (non-hydrogen) atoms. The minimum atomic E-state index is -2.62. The molecule has 1 aliphatic rings. The first-order chi connectivity index (χ1) is 11.5. The minimum Gasteiger partial charge on any atom is -0.346 e. The van der Waals surface area contributed by atoms with Gasteiger partial charge in [0.25, 0.3) is 6.43 Å². The highest BCUT2D eigenvalue weighted by Crippen LogP contribution is 2.41. The van der Waals surface area contributed by atoms with Gasteiger partial charge in [-0.25, -0.2) is 8.78 Å². The number of hydrogen-bond acceptors (Lipinski definition) is 3. The van der Waals surface area contributed by atoms with Gasteiger partial charge in [0.1, 0.15) is 12.2 Å². The Morgan fingerprint density at radius 1 is 1.42 bits per heavy atom. The van der Waals surface area contributed by atoms with Crippen molar-refractivity contribution in [3.8, 4) is 0 Å². The van der Waals surface area contributed by atoms with Crippen molar-refractivity contribution in [1.29, 1.82) is 0 Å². The molecule has 1 aliphatic carbocycles. The van der Waals surface area contributed by atoms with Crippen LogP contribution in [0.4, 0.5) is 8.78 Å². The molecule has 1 unspecified atom stereocenters. The molecule has 0 aromatic carbocycles. The van der Waals surface area contributed by atoms with Crippen molar-refractivity contribution >= 4 is 5.91 Å². The van der Waals surface area contributed by atoms with Gasteiger partial charge in [0.2, 0.25) is 5.91 Å². The lowest BCUT2D eigenvalue weighted by Gasteiger charge is -2.16. The van der Waals surface area contributed by atoms with Crippen LogP contribution in [-0.2, 0) is 17.9 Å². The van der Waals surface area contributed by atoms with Crippen LogP contribution in [0.5, 0.6) is 0 Å². The van der Waals surface area contributed by atoms with Gasteiger partial charge in [0.05, 0.1) is 11.7 Å². The first-order valence-corrected chi connectivity index (χ1v) is 8.16. The molecule has 2 heterocycles. The van der Waals surface area contributed by atoms with Gasteiger partial charge < -0.3 is 5.32 Å². The fraction of sp³-hybridized carbons (Fsp3) is 0.562. The van der Waals surface area contributed by atoms with Crippen molar-refractivity contribution in [2.24, 2.45) is 0 Å². The first kappa shape index (κ1) is 16.6. The number of rotatable bonds is 7. The zero-order valence-corrected chi connectivity index (χ0v) is 13.7. The summed E-state index contributed by atoms with van der Waals surface area (Å²) < 4.78 is 29.0. The molecular weight excluding hydrogens is 316 g/mol. The van der Waals surface area contributed by atoms with Crippen LogP contribution in [0.15, 0.2) is 18.3 Å². The van der Waals surface area contributed by atoms with Crippen LogP contribution >= 0.6 is 0 Å². The third kappa shape index (κ3) is 3.47. The molecule has 2 aromatic rings. The summed E-state index contributed by atoms with van der Waals surface area (Å²) in [6, 6.07) is 3.06. The van der Waals surface area contributed by atoms with E-state index in [4.69, 9.17) is 0 Å². The molecule has 0 radical (unpaired) electrons. The van der Waals surface area contributed by atoms with Gasteiger partial charge in [-0.3, -0.25) is 14.2 Å². The monoisotopic (exact) mass is 337 g/mol. The van der Waals surface area contributed by atoms with Gasteiger partial charge in [0.15, 0.2) is 0 Å². The first-order valence-electron chi connectivity index (χ1n) is 8.16. The topological polar surface area (TPSA) is 64.7 Å². The molecular formula is C16H21F2N5O. The Morgan fingerprint density at radius 3 is 2.79 bits per heavy atom. The van der Waals surface area contributed by atoms with Crippen molar-refractivity contribution < 1.29 is 13.6 Å². The summed E-state index contributed by atoms with van der Waals surface area (Å²) in [7, 11) is 0. The zero-order valence-electron chi connectivity index (χ0n) is 13.7. The molecule has 1 N–H and O–H groups in total. The molecule has 2 aromatic heterocycles.